The van der Waals surface area contributed by atoms with Crippen LogP contribution in [0.2, 0.25) is 0 Å². The number of carbonyl (C=O) groups excluding carboxylic acids is 1. The van der Waals surface area contributed by atoms with Crippen molar-refractivity contribution in [1.82, 2.24) is 19.7 Å². The summed E-state index contributed by atoms with van der Waals surface area (Å²) in [5.41, 5.74) is 1.87. The first-order valence-corrected chi connectivity index (χ1v) is 7.04. The fourth-order valence-electron chi connectivity index (χ4n) is 2.43. The number of rotatable bonds is 3. The minimum Gasteiger partial charge on any atom is -0.327 e. The second-order valence-corrected chi connectivity index (χ2v) is 5.67. The van der Waals surface area contributed by atoms with Crippen LogP contribution in [-0.4, -0.2) is 25.7 Å². The van der Waals surface area contributed by atoms with Gasteiger partial charge in [-0.3, -0.25) is 10.1 Å². The highest BCUT2D eigenvalue weighted by molar-refractivity contribution is 6.04. The molecule has 0 atom stereocenters. The quantitative estimate of drug-likeness (QED) is 0.807. The zero-order valence-electron chi connectivity index (χ0n) is 12.6. The zero-order chi connectivity index (χ0) is 15.9. The van der Waals surface area contributed by atoms with Crippen LogP contribution in [0.15, 0.2) is 18.2 Å². The number of aromatic nitrogens is 4. The highest BCUT2D eigenvalue weighted by Crippen LogP contribution is 2.25. The Morgan fingerprint density at radius 3 is 2.86 bits per heavy atom. The highest BCUT2D eigenvalue weighted by atomic mass is 19.1. The van der Waals surface area contributed by atoms with Crippen molar-refractivity contribution >= 4 is 33.9 Å². The fourth-order valence-corrected chi connectivity index (χ4v) is 2.43. The normalized spacial score (nSPS) is 11.5. The van der Waals surface area contributed by atoms with Crippen molar-refractivity contribution in [2.75, 3.05) is 5.32 Å². The molecule has 2 aromatic heterocycles. The Morgan fingerprint density at radius 2 is 2.14 bits per heavy atom. The molecule has 0 bridgehead atoms. The van der Waals surface area contributed by atoms with E-state index in [0.717, 1.165) is 5.52 Å². The van der Waals surface area contributed by atoms with Crippen molar-refractivity contribution in [3.8, 4) is 0 Å². The summed E-state index contributed by atoms with van der Waals surface area (Å²) in [6.07, 6.45) is 0.391. The first-order valence-electron chi connectivity index (χ1n) is 7.04. The van der Waals surface area contributed by atoms with Crippen LogP contribution >= 0.6 is 0 Å². The Labute approximate surface area is 126 Å². The monoisotopic (exact) mass is 301 g/mol. The minimum absolute atomic E-state index is 0.152. The standard InChI is InChI=1S/C15H16FN5O/c1-8(2)6-12(22)17-15-18-14-13(19-20-15)10-7-9(16)4-5-11(10)21(14)3/h4-5,7-8H,6H2,1-3H3,(H,17,18,20,22). The molecule has 22 heavy (non-hydrogen) atoms. The summed E-state index contributed by atoms with van der Waals surface area (Å²) in [6, 6.07) is 4.47. The molecule has 0 saturated heterocycles. The van der Waals surface area contributed by atoms with Gasteiger partial charge in [0.15, 0.2) is 5.65 Å². The third kappa shape index (κ3) is 2.49. The maximum absolute atomic E-state index is 13.4. The SMILES string of the molecule is CC(C)CC(=O)Nc1nnc2c3cc(F)ccc3n(C)c2n1. The Balaban J connectivity index is 2.05. The van der Waals surface area contributed by atoms with Crippen molar-refractivity contribution in [3.05, 3.63) is 24.0 Å². The number of aryl methyl sites for hydroxylation is 1. The summed E-state index contributed by atoms with van der Waals surface area (Å²) < 4.78 is 15.2. The molecule has 1 aromatic carbocycles. The summed E-state index contributed by atoms with van der Waals surface area (Å²) >= 11 is 0. The number of anilines is 1. The predicted octanol–water partition coefficient (Wildman–Crippen LogP) is 2.64. The van der Waals surface area contributed by atoms with Gasteiger partial charge in [-0.15, -0.1) is 10.2 Å². The third-order valence-electron chi connectivity index (χ3n) is 3.41. The Kier molecular flexibility index (Phi) is 3.48. The number of hydrogen-bond donors (Lipinski definition) is 1. The lowest BCUT2D eigenvalue weighted by Gasteiger charge is -2.05. The molecule has 0 fully saturated rings. The van der Waals surface area contributed by atoms with Crippen LogP contribution in [0.25, 0.3) is 22.1 Å². The van der Waals surface area contributed by atoms with Gasteiger partial charge >= 0.3 is 0 Å². The smallest absolute Gasteiger partial charge is 0.251 e. The van der Waals surface area contributed by atoms with Crippen LogP contribution < -0.4 is 5.32 Å². The summed E-state index contributed by atoms with van der Waals surface area (Å²) in [5, 5.41) is 11.3. The number of nitrogens with one attached hydrogen (secondary N) is 1. The summed E-state index contributed by atoms with van der Waals surface area (Å²) in [5.74, 6) is -0.0844. The lowest BCUT2D eigenvalue weighted by molar-refractivity contribution is -0.116. The first-order chi connectivity index (χ1) is 10.5. The molecule has 0 aliphatic carbocycles. The molecule has 0 aliphatic heterocycles. The van der Waals surface area contributed by atoms with Gasteiger partial charge in [0.2, 0.25) is 5.91 Å². The van der Waals surface area contributed by atoms with Crippen molar-refractivity contribution in [2.24, 2.45) is 13.0 Å². The molecule has 114 valence electrons. The molecular formula is C15H16FN5O. The van der Waals surface area contributed by atoms with Gasteiger partial charge in [-0.1, -0.05) is 13.8 Å². The first kappa shape index (κ1) is 14.4. The summed E-state index contributed by atoms with van der Waals surface area (Å²) in [4.78, 5) is 16.1. The van der Waals surface area contributed by atoms with Gasteiger partial charge in [0.25, 0.3) is 5.95 Å². The van der Waals surface area contributed by atoms with E-state index in [0.29, 0.717) is 23.0 Å². The van der Waals surface area contributed by atoms with Crippen molar-refractivity contribution < 1.29 is 9.18 Å². The second kappa shape index (κ2) is 5.32. The number of hydrogen-bond acceptors (Lipinski definition) is 4. The van der Waals surface area contributed by atoms with E-state index >= 15 is 0 Å². The molecule has 6 nitrogen and oxygen atoms in total. The van der Waals surface area contributed by atoms with Crippen LogP contribution in [-0.2, 0) is 11.8 Å². The molecule has 0 radical (unpaired) electrons. The molecule has 2 heterocycles. The van der Waals surface area contributed by atoms with E-state index < -0.39 is 0 Å². The van der Waals surface area contributed by atoms with Gasteiger partial charge < -0.3 is 4.57 Å². The van der Waals surface area contributed by atoms with E-state index in [-0.39, 0.29) is 23.6 Å². The number of halogens is 1. The number of benzene rings is 1. The van der Waals surface area contributed by atoms with Gasteiger partial charge in [-0.05, 0) is 24.1 Å². The molecule has 0 aliphatic rings. The maximum Gasteiger partial charge on any atom is 0.251 e. The fraction of sp³-hybridized carbons (Fsp3) is 0.333. The van der Waals surface area contributed by atoms with Crippen LogP contribution in [0.1, 0.15) is 20.3 Å². The van der Waals surface area contributed by atoms with Gasteiger partial charge in [-0.2, -0.15) is 4.98 Å². The van der Waals surface area contributed by atoms with E-state index in [9.17, 15) is 9.18 Å². The molecule has 0 unspecified atom stereocenters. The van der Waals surface area contributed by atoms with Gasteiger partial charge in [0.1, 0.15) is 11.3 Å². The number of carbonyl (C=O) groups is 1. The Hall–Kier alpha value is -2.57. The zero-order valence-corrected chi connectivity index (χ0v) is 12.6. The van der Waals surface area contributed by atoms with E-state index in [1.54, 1.807) is 10.6 Å². The largest absolute Gasteiger partial charge is 0.327 e. The molecule has 1 N–H and O–H groups in total. The average Bonchev–Trinajstić information content (AvgIpc) is 2.70. The molecular weight excluding hydrogens is 285 g/mol. The lowest BCUT2D eigenvalue weighted by Crippen LogP contribution is -2.16. The Morgan fingerprint density at radius 1 is 1.36 bits per heavy atom. The molecule has 0 spiro atoms. The maximum atomic E-state index is 13.4. The van der Waals surface area contributed by atoms with E-state index in [2.05, 4.69) is 20.5 Å². The molecule has 1 amide bonds. The van der Waals surface area contributed by atoms with Gasteiger partial charge in [0.05, 0.1) is 5.52 Å². The van der Waals surface area contributed by atoms with E-state index in [4.69, 9.17) is 0 Å². The number of nitrogens with zero attached hydrogens (tertiary/aromatic N) is 4. The molecule has 3 rings (SSSR count). The molecule has 7 heteroatoms. The number of amides is 1. The third-order valence-corrected chi connectivity index (χ3v) is 3.41. The lowest BCUT2D eigenvalue weighted by atomic mass is 10.1. The van der Waals surface area contributed by atoms with Crippen LogP contribution in [0.3, 0.4) is 0 Å². The molecule has 0 saturated carbocycles. The van der Waals surface area contributed by atoms with Crippen molar-refractivity contribution in [3.63, 3.8) is 0 Å². The van der Waals surface area contributed by atoms with E-state index in [1.165, 1.54) is 12.1 Å². The topological polar surface area (TPSA) is 72.7 Å². The predicted molar refractivity (Wildman–Crippen MR) is 81.9 cm³/mol. The van der Waals surface area contributed by atoms with Crippen LogP contribution in [0.5, 0.6) is 0 Å². The summed E-state index contributed by atoms with van der Waals surface area (Å²) in [7, 11) is 1.82. The Bertz CT molecular complexity index is 871. The minimum atomic E-state index is -0.337. The van der Waals surface area contributed by atoms with Crippen molar-refractivity contribution in [1.29, 1.82) is 0 Å². The van der Waals surface area contributed by atoms with Crippen molar-refractivity contribution in [2.45, 2.75) is 20.3 Å². The summed E-state index contributed by atoms with van der Waals surface area (Å²) in [6.45, 7) is 3.92. The highest BCUT2D eigenvalue weighted by Gasteiger charge is 2.14. The average molecular weight is 301 g/mol. The van der Waals surface area contributed by atoms with Gasteiger partial charge in [-0.25, -0.2) is 4.39 Å². The second-order valence-electron chi connectivity index (χ2n) is 5.67. The number of fused-ring (bicyclic) bond motifs is 3. The van der Waals surface area contributed by atoms with Gasteiger partial charge in [0, 0.05) is 18.9 Å². The van der Waals surface area contributed by atoms with E-state index in [1.807, 2.05) is 20.9 Å². The molecule has 3 aromatic rings. The van der Waals surface area contributed by atoms with Crippen LogP contribution in [0, 0.1) is 11.7 Å². The van der Waals surface area contributed by atoms with Crippen LogP contribution in [0.4, 0.5) is 10.3 Å².